The Kier molecular flexibility index (Phi) is 4.63. The van der Waals surface area contributed by atoms with E-state index >= 15 is 0 Å². The Morgan fingerprint density at radius 2 is 1.55 bits per heavy atom. The highest BCUT2D eigenvalue weighted by Crippen LogP contribution is 2.42. The molecule has 0 amide bonds. The van der Waals surface area contributed by atoms with E-state index in [1.807, 2.05) is 73.8 Å². The molecule has 6 rings (SSSR count). The molecule has 0 aliphatic heterocycles. The number of rotatable bonds is 4. The summed E-state index contributed by atoms with van der Waals surface area (Å²) in [5.74, 6) is 1.70. The van der Waals surface area contributed by atoms with Crippen LogP contribution < -0.4 is 0 Å². The number of halogens is 1. The first kappa shape index (κ1) is 19.6. The maximum Gasteiger partial charge on any atom is 0.227 e. The van der Waals surface area contributed by atoms with Crippen molar-refractivity contribution < 1.29 is 8.83 Å². The zero-order valence-corrected chi connectivity index (χ0v) is 18.5. The molecule has 0 aliphatic rings. The molecule has 3 aromatic heterocycles. The lowest BCUT2D eigenvalue weighted by Crippen LogP contribution is -1.86. The summed E-state index contributed by atoms with van der Waals surface area (Å²) in [4.78, 5) is 9.36. The van der Waals surface area contributed by atoms with Crippen molar-refractivity contribution in [3.05, 3.63) is 96.5 Å². The summed E-state index contributed by atoms with van der Waals surface area (Å²) in [7, 11) is 2.02. The number of nitrogens with zero attached hydrogens (tertiary/aromatic N) is 3. The molecule has 0 radical (unpaired) electrons. The van der Waals surface area contributed by atoms with Gasteiger partial charge in [0.25, 0.3) is 0 Å². The summed E-state index contributed by atoms with van der Waals surface area (Å²) in [6.45, 7) is 0. The van der Waals surface area contributed by atoms with Gasteiger partial charge in [-0.15, -0.1) is 0 Å². The average molecular weight is 452 g/mol. The number of benzene rings is 3. The second-order valence-corrected chi connectivity index (χ2v) is 8.21. The summed E-state index contributed by atoms with van der Waals surface area (Å²) in [6, 6.07) is 25.6. The van der Waals surface area contributed by atoms with Crippen LogP contribution in [0.25, 0.3) is 56.4 Å². The summed E-state index contributed by atoms with van der Waals surface area (Å²) < 4.78 is 14.4. The van der Waals surface area contributed by atoms with Crippen LogP contribution >= 0.6 is 11.6 Å². The molecule has 0 aliphatic carbocycles. The Labute approximate surface area is 194 Å². The van der Waals surface area contributed by atoms with Crippen molar-refractivity contribution in [2.24, 2.45) is 7.05 Å². The highest BCUT2D eigenvalue weighted by molar-refractivity contribution is 6.30. The third kappa shape index (κ3) is 3.34. The van der Waals surface area contributed by atoms with Gasteiger partial charge < -0.3 is 13.4 Å². The second-order valence-electron chi connectivity index (χ2n) is 7.77. The molecule has 6 aromatic rings. The normalized spacial score (nSPS) is 11.3. The standard InChI is InChI=1S/C27H18ClN3O2/c1-31-15-21(20-9-5-6-10-22(20)31)25-24(30-27(33-25)18-7-3-2-4-8-18)26-23(29-16-32-26)17-11-13-19(28)14-12-17/h2-16H,1H3. The molecule has 0 atom stereocenters. The Morgan fingerprint density at radius 1 is 0.788 bits per heavy atom. The SMILES string of the molecule is Cn1cc(-c2oc(-c3ccccc3)nc2-c2ocnc2-c2ccc(Cl)cc2)c2ccccc21. The number of oxazole rings is 2. The molecule has 3 heterocycles. The molecule has 3 aromatic carbocycles. The first-order valence-corrected chi connectivity index (χ1v) is 10.9. The van der Waals surface area contributed by atoms with Crippen molar-refractivity contribution in [1.82, 2.24) is 14.5 Å². The monoisotopic (exact) mass is 451 g/mol. The number of fused-ring (bicyclic) bond motifs is 1. The van der Waals surface area contributed by atoms with E-state index in [4.69, 9.17) is 25.4 Å². The summed E-state index contributed by atoms with van der Waals surface area (Å²) in [6.07, 6.45) is 3.49. The van der Waals surface area contributed by atoms with Crippen LogP contribution in [-0.4, -0.2) is 14.5 Å². The van der Waals surface area contributed by atoms with Gasteiger partial charge in [-0.2, -0.15) is 0 Å². The predicted molar refractivity (Wildman–Crippen MR) is 130 cm³/mol. The van der Waals surface area contributed by atoms with Gasteiger partial charge in [0.2, 0.25) is 5.89 Å². The highest BCUT2D eigenvalue weighted by atomic mass is 35.5. The molecule has 5 nitrogen and oxygen atoms in total. The van der Waals surface area contributed by atoms with Crippen LogP contribution in [0.2, 0.25) is 5.02 Å². The quantitative estimate of drug-likeness (QED) is 0.279. The number of para-hydroxylation sites is 1. The molecule has 0 unspecified atom stereocenters. The molecule has 0 N–H and O–H groups in total. The molecule has 160 valence electrons. The van der Waals surface area contributed by atoms with E-state index in [2.05, 4.69) is 27.9 Å². The third-order valence-electron chi connectivity index (χ3n) is 5.69. The summed E-state index contributed by atoms with van der Waals surface area (Å²) >= 11 is 6.09. The van der Waals surface area contributed by atoms with Gasteiger partial charge in [-0.3, -0.25) is 0 Å². The molecule has 0 spiro atoms. The second kappa shape index (κ2) is 7.80. The number of aromatic nitrogens is 3. The topological polar surface area (TPSA) is 57.0 Å². The van der Waals surface area contributed by atoms with Gasteiger partial charge in [-0.1, -0.05) is 60.1 Å². The van der Waals surface area contributed by atoms with Crippen LogP contribution in [0, 0.1) is 0 Å². The molecular weight excluding hydrogens is 434 g/mol. The van der Waals surface area contributed by atoms with Crippen molar-refractivity contribution in [1.29, 1.82) is 0 Å². The van der Waals surface area contributed by atoms with E-state index in [1.165, 1.54) is 6.39 Å². The van der Waals surface area contributed by atoms with Gasteiger partial charge in [0.05, 0.1) is 0 Å². The van der Waals surface area contributed by atoms with E-state index in [-0.39, 0.29) is 0 Å². The van der Waals surface area contributed by atoms with Gasteiger partial charge in [0.1, 0.15) is 5.69 Å². The van der Waals surface area contributed by atoms with Gasteiger partial charge in [-0.25, -0.2) is 9.97 Å². The first-order valence-electron chi connectivity index (χ1n) is 10.5. The van der Waals surface area contributed by atoms with Crippen LogP contribution in [0.3, 0.4) is 0 Å². The van der Waals surface area contributed by atoms with E-state index in [0.717, 1.165) is 27.6 Å². The fourth-order valence-corrected chi connectivity index (χ4v) is 4.24. The molecule has 33 heavy (non-hydrogen) atoms. The minimum absolute atomic E-state index is 0.520. The zero-order chi connectivity index (χ0) is 22.4. The Morgan fingerprint density at radius 3 is 2.36 bits per heavy atom. The van der Waals surface area contributed by atoms with Gasteiger partial charge >= 0.3 is 0 Å². The highest BCUT2D eigenvalue weighted by Gasteiger charge is 2.26. The molecule has 0 saturated carbocycles. The smallest absolute Gasteiger partial charge is 0.227 e. The Bertz CT molecular complexity index is 1580. The van der Waals surface area contributed by atoms with E-state index in [1.54, 1.807) is 0 Å². The minimum Gasteiger partial charge on any atom is -0.441 e. The largest absolute Gasteiger partial charge is 0.441 e. The van der Waals surface area contributed by atoms with Gasteiger partial charge in [0, 0.05) is 45.9 Å². The lowest BCUT2D eigenvalue weighted by atomic mass is 10.1. The lowest BCUT2D eigenvalue weighted by Gasteiger charge is -2.02. The maximum absolute atomic E-state index is 6.41. The summed E-state index contributed by atoms with van der Waals surface area (Å²) in [5, 5.41) is 1.73. The Balaban J connectivity index is 1.61. The zero-order valence-electron chi connectivity index (χ0n) is 17.7. The van der Waals surface area contributed by atoms with Crippen LogP contribution in [0.1, 0.15) is 0 Å². The van der Waals surface area contributed by atoms with E-state index in [0.29, 0.717) is 33.8 Å². The number of hydrogen-bond donors (Lipinski definition) is 0. The first-order chi connectivity index (χ1) is 16.2. The molecule has 0 saturated heterocycles. The average Bonchev–Trinajstić information content (AvgIpc) is 3.57. The molecule has 0 fully saturated rings. The predicted octanol–water partition coefficient (Wildman–Crippen LogP) is 7.48. The van der Waals surface area contributed by atoms with Gasteiger partial charge in [0.15, 0.2) is 23.6 Å². The van der Waals surface area contributed by atoms with Crippen LogP contribution in [0.4, 0.5) is 0 Å². The maximum atomic E-state index is 6.41. The van der Waals surface area contributed by atoms with E-state index < -0.39 is 0 Å². The third-order valence-corrected chi connectivity index (χ3v) is 5.94. The minimum atomic E-state index is 0.520. The van der Waals surface area contributed by atoms with Crippen LogP contribution in [0.5, 0.6) is 0 Å². The fraction of sp³-hybridized carbons (Fsp3) is 0.0370. The molecular formula is C27H18ClN3O2. The van der Waals surface area contributed by atoms with E-state index in [9.17, 15) is 0 Å². The van der Waals surface area contributed by atoms with Crippen molar-refractivity contribution in [3.63, 3.8) is 0 Å². The van der Waals surface area contributed by atoms with Crippen molar-refractivity contribution in [3.8, 4) is 45.5 Å². The summed E-state index contributed by atoms with van der Waals surface area (Å²) in [5.41, 5.74) is 5.10. The number of aryl methyl sites for hydroxylation is 1. The lowest BCUT2D eigenvalue weighted by molar-refractivity contribution is 0.568. The van der Waals surface area contributed by atoms with Crippen LogP contribution in [-0.2, 0) is 7.05 Å². The Hall–Kier alpha value is -4.09. The van der Waals surface area contributed by atoms with Crippen molar-refractivity contribution in [2.75, 3.05) is 0 Å². The number of hydrogen-bond acceptors (Lipinski definition) is 4. The molecule has 6 heteroatoms. The van der Waals surface area contributed by atoms with Gasteiger partial charge in [-0.05, 0) is 30.3 Å². The van der Waals surface area contributed by atoms with Crippen molar-refractivity contribution in [2.45, 2.75) is 0 Å². The van der Waals surface area contributed by atoms with Crippen LogP contribution in [0.15, 0.2) is 100 Å². The fourth-order valence-electron chi connectivity index (χ4n) is 4.11. The molecule has 0 bridgehead atoms. The van der Waals surface area contributed by atoms with Crippen molar-refractivity contribution >= 4 is 22.5 Å².